The lowest BCUT2D eigenvalue weighted by molar-refractivity contribution is -0.182. The van der Waals surface area contributed by atoms with Crippen LogP contribution in [-0.4, -0.2) is 37.7 Å². The van der Waals surface area contributed by atoms with Crippen molar-refractivity contribution >= 4 is 33.9 Å². The molecular weight excluding hydrogens is 574 g/mol. The number of anilines is 2. The molecule has 9 nitrogen and oxygen atoms in total. The first-order valence-electron chi connectivity index (χ1n) is 12.8. The van der Waals surface area contributed by atoms with Crippen LogP contribution in [0.5, 0.6) is 0 Å². The highest BCUT2D eigenvalue weighted by molar-refractivity contribution is 6.35. The van der Waals surface area contributed by atoms with Gasteiger partial charge in [0.05, 0.1) is 45.5 Å². The molecule has 0 radical (unpaired) electrons. The molecule has 5 rings (SSSR count). The van der Waals surface area contributed by atoms with Crippen LogP contribution in [-0.2, 0) is 5.54 Å². The highest BCUT2D eigenvalue weighted by Gasteiger charge is 2.66. The summed E-state index contributed by atoms with van der Waals surface area (Å²) < 4.78 is 56.1. The van der Waals surface area contributed by atoms with E-state index in [1.807, 2.05) is 0 Å². The maximum absolute atomic E-state index is 13.9. The Bertz CT molecular complexity index is 1760. The molecule has 0 aliphatic heterocycles. The number of pyridine rings is 2. The van der Waals surface area contributed by atoms with E-state index in [9.17, 15) is 28.1 Å². The number of rotatable bonds is 8. The van der Waals surface area contributed by atoms with E-state index in [1.54, 1.807) is 32.9 Å². The van der Waals surface area contributed by atoms with Crippen LogP contribution >= 0.6 is 11.6 Å². The smallest absolute Gasteiger partial charge is 0.382 e. The summed E-state index contributed by atoms with van der Waals surface area (Å²) in [7, 11) is 0. The highest BCUT2D eigenvalue weighted by Crippen LogP contribution is 2.55. The Morgan fingerprint density at radius 1 is 1.19 bits per heavy atom. The number of hydrogen-bond acceptors (Lipinski definition) is 8. The molecule has 2 N–H and O–H groups in total. The van der Waals surface area contributed by atoms with E-state index in [2.05, 4.69) is 43.1 Å². The number of halogens is 5. The summed E-state index contributed by atoms with van der Waals surface area (Å²) in [6.45, 7) is 5.29. The first-order chi connectivity index (χ1) is 19.8. The van der Waals surface area contributed by atoms with Gasteiger partial charge in [0.1, 0.15) is 11.8 Å². The second-order valence-electron chi connectivity index (χ2n) is 10.9. The lowest BCUT2D eigenvalue weighted by Gasteiger charge is -2.22. The van der Waals surface area contributed by atoms with Crippen LogP contribution in [0.25, 0.3) is 10.9 Å². The van der Waals surface area contributed by atoms with Gasteiger partial charge in [0.25, 0.3) is 0 Å². The number of nitriles is 2. The maximum atomic E-state index is 13.9. The van der Waals surface area contributed by atoms with Crippen LogP contribution in [0.3, 0.4) is 0 Å². The molecule has 4 aromatic rings. The minimum Gasteiger partial charge on any atom is -0.382 e. The van der Waals surface area contributed by atoms with Crippen molar-refractivity contribution in [2.24, 2.45) is 5.41 Å². The summed E-state index contributed by atoms with van der Waals surface area (Å²) >= 11 is 6.61. The molecule has 14 heteroatoms. The van der Waals surface area contributed by atoms with Crippen molar-refractivity contribution in [3.8, 4) is 12.1 Å². The van der Waals surface area contributed by atoms with Gasteiger partial charge in [0, 0.05) is 35.1 Å². The summed E-state index contributed by atoms with van der Waals surface area (Å²) in [6, 6.07) is 9.27. The number of benzene rings is 1. The fraction of sp³-hybridized carbons (Fsp3) is 0.357. The standard InChI is InChI=1S/C28H24ClF4N9/c1-15-18(4-5-22(30)38-15)25(21-12-42(41-40-21)27(6-7-27)28(31,32)33)39-17-8-19-23(37-14-26(2,3)13-35)16(10-34)11-36-24(19)20(29)9-17/h4-5,8-9,11-12,25,39H,6-7,14H2,1-3H3,(H,36,37)/t25-/m0/s1. The lowest BCUT2D eigenvalue weighted by atomic mass is 9.95. The van der Waals surface area contributed by atoms with Crippen LogP contribution < -0.4 is 10.6 Å². The van der Waals surface area contributed by atoms with Crippen LogP contribution in [0.2, 0.25) is 5.02 Å². The van der Waals surface area contributed by atoms with Crippen molar-refractivity contribution < 1.29 is 17.6 Å². The second kappa shape index (κ2) is 10.4. The van der Waals surface area contributed by atoms with Crippen LogP contribution in [0.1, 0.15) is 55.2 Å². The van der Waals surface area contributed by atoms with E-state index in [0.29, 0.717) is 33.5 Å². The van der Waals surface area contributed by atoms with Gasteiger partial charge in [-0.25, -0.2) is 9.67 Å². The number of nitrogens with zero attached hydrogens (tertiary/aromatic N) is 7. The average molecular weight is 598 g/mol. The molecule has 3 aromatic heterocycles. The van der Waals surface area contributed by atoms with Gasteiger partial charge in [-0.3, -0.25) is 4.98 Å². The van der Waals surface area contributed by atoms with Crippen molar-refractivity contribution in [3.63, 3.8) is 0 Å². The summed E-state index contributed by atoms with van der Waals surface area (Å²) in [5.74, 6) is -0.715. The Balaban J connectivity index is 1.61. The number of aromatic nitrogens is 5. The number of fused-ring (bicyclic) bond motifs is 1. The van der Waals surface area contributed by atoms with E-state index in [0.717, 1.165) is 10.7 Å². The van der Waals surface area contributed by atoms with Crippen LogP contribution in [0.15, 0.2) is 36.7 Å². The molecule has 1 atom stereocenters. The first-order valence-corrected chi connectivity index (χ1v) is 13.2. The Morgan fingerprint density at radius 3 is 2.55 bits per heavy atom. The van der Waals surface area contributed by atoms with Gasteiger partial charge in [-0.1, -0.05) is 22.9 Å². The zero-order chi connectivity index (χ0) is 30.4. The molecule has 0 bridgehead atoms. The molecule has 0 unspecified atom stereocenters. The molecule has 1 aliphatic carbocycles. The van der Waals surface area contributed by atoms with Crippen LogP contribution in [0, 0.1) is 40.9 Å². The predicted molar refractivity (Wildman–Crippen MR) is 147 cm³/mol. The Hall–Kier alpha value is -4.49. The highest BCUT2D eigenvalue weighted by atomic mass is 35.5. The molecule has 1 saturated carbocycles. The first kappa shape index (κ1) is 29.0. The molecule has 0 spiro atoms. The molecule has 0 saturated heterocycles. The Morgan fingerprint density at radius 2 is 1.93 bits per heavy atom. The van der Waals surface area contributed by atoms with Crippen molar-refractivity contribution in [1.29, 1.82) is 10.5 Å². The summed E-state index contributed by atoms with van der Waals surface area (Å²) in [5, 5.41) is 34.2. The normalized spacial score (nSPS) is 15.1. The van der Waals surface area contributed by atoms with E-state index >= 15 is 0 Å². The lowest BCUT2D eigenvalue weighted by Crippen LogP contribution is -2.35. The molecule has 3 heterocycles. The van der Waals surface area contributed by atoms with Gasteiger partial charge in [-0.05, 0) is 51.8 Å². The number of aryl methyl sites for hydroxylation is 1. The van der Waals surface area contributed by atoms with E-state index in [-0.39, 0.29) is 35.7 Å². The monoisotopic (exact) mass is 597 g/mol. The van der Waals surface area contributed by atoms with Crippen molar-refractivity contribution in [2.45, 2.75) is 51.4 Å². The third-order valence-electron chi connectivity index (χ3n) is 7.27. The minimum atomic E-state index is -4.50. The van der Waals surface area contributed by atoms with Gasteiger partial charge in [-0.2, -0.15) is 28.1 Å². The number of nitrogens with one attached hydrogen (secondary N) is 2. The molecule has 1 aromatic carbocycles. The van der Waals surface area contributed by atoms with Gasteiger partial charge in [-0.15, -0.1) is 5.10 Å². The molecule has 0 amide bonds. The summed E-state index contributed by atoms with van der Waals surface area (Å²) in [4.78, 5) is 8.20. The van der Waals surface area contributed by atoms with E-state index in [4.69, 9.17) is 11.6 Å². The van der Waals surface area contributed by atoms with E-state index < -0.39 is 29.1 Å². The molecule has 42 heavy (non-hydrogen) atoms. The molecular formula is C28H24ClF4N9. The third-order valence-corrected chi connectivity index (χ3v) is 7.55. The molecule has 1 fully saturated rings. The van der Waals surface area contributed by atoms with Crippen LogP contribution in [0.4, 0.5) is 28.9 Å². The second-order valence-corrected chi connectivity index (χ2v) is 11.3. The SMILES string of the molecule is Cc1nc(F)ccc1[C@H](Nc1cc(Cl)c2ncc(C#N)c(NCC(C)(C)C#N)c2c1)c1cn(C2(C(F)(F)F)CC2)nn1. The van der Waals surface area contributed by atoms with Crippen molar-refractivity contribution in [2.75, 3.05) is 17.2 Å². The van der Waals surface area contributed by atoms with Gasteiger partial charge in [0.2, 0.25) is 5.95 Å². The zero-order valence-electron chi connectivity index (χ0n) is 22.7. The van der Waals surface area contributed by atoms with Gasteiger partial charge >= 0.3 is 6.18 Å². The van der Waals surface area contributed by atoms with Crippen molar-refractivity contribution in [3.05, 3.63) is 70.1 Å². The zero-order valence-corrected chi connectivity index (χ0v) is 23.4. The number of hydrogen-bond donors (Lipinski definition) is 2. The minimum absolute atomic E-state index is 0.110. The molecule has 1 aliphatic rings. The maximum Gasteiger partial charge on any atom is 0.413 e. The fourth-order valence-electron chi connectivity index (χ4n) is 4.67. The molecule has 216 valence electrons. The van der Waals surface area contributed by atoms with E-state index in [1.165, 1.54) is 18.5 Å². The largest absolute Gasteiger partial charge is 0.413 e. The Labute approximate surface area is 243 Å². The van der Waals surface area contributed by atoms with Gasteiger partial charge < -0.3 is 10.6 Å². The van der Waals surface area contributed by atoms with Crippen molar-refractivity contribution in [1.82, 2.24) is 25.0 Å². The quantitative estimate of drug-likeness (QED) is 0.176. The fourth-order valence-corrected chi connectivity index (χ4v) is 4.94. The third kappa shape index (κ3) is 5.28. The summed E-state index contributed by atoms with van der Waals surface area (Å²) in [5.41, 5.74) is -0.521. The topological polar surface area (TPSA) is 128 Å². The van der Waals surface area contributed by atoms with Gasteiger partial charge in [0.15, 0.2) is 5.54 Å². The number of alkyl halides is 3. The average Bonchev–Trinajstić information content (AvgIpc) is 3.62. The summed E-state index contributed by atoms with van der Waals surface area (Å²) in [6.07, 6.45) is -2.11. The Kier molecular flexibility index (Phi) is 7.19. The predicted octanol–water partition coefficient (Wildman–Crippen LogP) is 6.41.